The van der Waals surface area contributed by atoms with Gasteiger partial charge in [0.2, 0.25) is 0 Å². The number of imidazole rings is 1. The van der Waals surface area contributed by atoms with Crippen molar-refractivity contribution in [3.63, 3.8) is 0 Å². The van der Waals surface area contributed by atoms with E-state index in [2.05, 4.69) is 11.9 Å². The third-order valence-electron chi connectivity index (χ3n) is 1.24. The van der Waals surface area contributed by atoms with Gasteiger partial charge in [0.05, 0.1) is 0 Å². The predicted molar refractivity (Wildman–Crippen MR) is 39.8 cm³/mol. The van der Waals surface area contributed by atoms with Gasteiger partial charge in [-0.25, -0.2) is 4.98 Å². The monoisotopic (exact) mass is 146 g/mol. The highest BCUT2D eigenvalue weighted by Crippen LogP contribution is 1.92. The molecule has 9 heavy (non-hydrogen) atoms. The van der Waals surface area contributed by atoms with Crippen LogP contribution in [0.2, 0.25) is 0 Å². The summed E-state index contributed by atoms with van der Waals surface area (Å²) in [5.74, 6) is 1.14. The second kappa shape index (κ2) is 3.51. The van der Waals surface area contributed by atoms with E-state index in [-0.39, 0.29) is 12.4 Å². The Morgan fingerprint density at radius 2 is 2.33 bits per heavy atom. The molecule has 0 fully saturated rings. The van der Waals surface area contributed by atoms with Crippen LogP contribution in [0.3, 0.4) is 0 Å². The van der Waals surface area contributed by atoms with Gasteiger partial charge in [-0.1, -0.05) is 6.92 Å². The third kappa shape index (κ3) is 1.72. The molecule has 1 heterocycles. The van der Waals surface area contributed by atoms with Crippen molar-refractivity contribution in [2.75, 3.05) is 0 Å². The molecule has 1 rings (SSSR count). The first-order valence-electron chi connectivity index (χ1n) is 2.80. The maximum absolute atomic E-state index is 4.10. The smallest absolute Gasteiger partial charge is 0.108 e. The Labute approximate surface area is 61.3 Å². The van der Waals surface area contributed by atoms with Gasteiger partial charge >= 0.3 is 0 Å². The molecular formula is C6H11ClN2. The molecule has 0 saturated heterocycles. The van der Waals surface area contributed by atoms with Crippen molar-refractivity contribution in [1.29, 1.82) is 0 Å². The Bertz CT molecular complexity index is 171. The first-order valence-corrected chi connectivity index (χ1v) is 2.80. The van der Waals surface area contributed by atoms with Crippen LogP contribution < -0.4 is 0 Å². The van der Waals surface area contributed by atoms with Crippen LogP contribution in [-0.4, -0.2) is 9.55 Å². The Kier molecular flexibility index (Phi) is 3.32. The minimum absolute atomic E-state index is 0. The summed E-state index contributed by atoms with van der Waals surface area (Å²) in [4.78, 5) is 4.10. The van der Waals surface area contributed by atoms with Gasteiger partial charge in [0.25, 0.3) is 0 Å². The number of rotatable bonds is 1. The fourth-order valence-electron chi connectivity index (χ4n) is 0.737. The molecule has 1 aromatic rings. The van der Waals surface area contributed by atoms with Crippen molar-refractivity contribution in [1.82, 2.24) is 9.55 Å². The molecule has 0 radical (unpaired) electrons. The van der Waals surface area contributed by atoms with Crippen LogP contribution in [0.25, 0.3) is 0 Å². The molecular weight excluding hydrogens is 136 g/mol. The van der Waals surface area contributed by atoms with Crippen molar-refractivity contribution in [3.8, 4) is 0 Å². The van der Waals surface area contributed by atoms with E-state index >= 15 is 0 Å². The quantitative estimate of drug-likeness (QED) is 0.586. The number of hydrogen-bond acceptors (Lipinski definition) is 1. The van der Waals surface area contributed by atoms with E-state index < -0.39 is 0 Å². The van der Waals surface area contributed by atoms with Crippen molar-refractivity contribution in [2.45, 2.75) is 13.3 Å². The molecule has 2 nitrogen and oxygen atoms in total. The van der Waals surface area contributed by atoms with E-state index in [0.29, 0.717) is 0 Å². The molecule has 3 heteroatoms. The van der Waals surface area contributed by atoms with Crippen LogP contribution in [0, 0.1) is 0 Å². The van der Waals surface area contributed by atoms with Gasteiger partial charge in [0.15, 0.2) is 0 Å². The topological polar surface area (TPSA) is 17.8 Å². The van der Waals surface area contributed by atoms with Crippen molar-refractivity contribution < 1.29 is 0 Å². The summed E-state index contributed by atoms with van der Waals surface area (Å²) in [5.41, 5.74) is 0. The average Bonchev–Trinajstić information content (AvgIpc) is 2.14. The molecule has 0 N–H and O–H groups in total. The number of aryl methyl sites for hydroxylation is 2. The van der Waals surface area contributed by atoms with E-state index in [1.165, 1.54) is 0 Å². The van der Waals surface area contributed by atoms with E-state index in [0.717, 1.165) is 12.2 Å². The van der Waals surface area contributed by atoms with E-state index in [9.17, 15) is 0 Å². The highest BCUT2D eigenvalue weighted by Gasteiger charge is 1.90. The molecule has 0 aliphatic carbocycles. The summed E-state index contributed by atoms with van der Waals surface area (Å²) in [5, 5.41) is 0. The van der Waals surface area contributed by atoms with E-state index in [1.807, 2.05) is 24.0 Å². The molecule has 0 bridgehead atoms. The highest BCUT2D eigenvalue weighted by molar-refractivity contribution is 5.85. The Hall–Kier alpha value is -0.500. The lowest BCUT2D eigenvalue weighted by atomic mass is 10.5. The summed E-state index contributed by atoms with van der Waals surface area (Å²) < 4.78 is 2.03. The maximum Gasteiger partial charge on any atom is 0.108 e. The molecule has 0 aliphatic heterocycles. The minimum Gasteiger partial charge on any atom is -0.338 e. The Balaban J connectivity index is 0.000000640. The summed E-state index contributed by atoms with van der Waals surface area (Å²) in [7, 11) is 2.01. The number of hydrogen-bond donors (Lipinski definition) is 0. The van der Waals surface area contributed by atoms with Crippen LogP contribution in [0.1, 0.15) is 12.7 Å². The molecule has 0 spiro atoms. The average molecular weight is 147 g/mol. The predicted octanol–water partition coefficient (Wildman–Crippen LogP) is 1.40. The van der Waals surface area contributed by atoms with Crippen molar-refractivity contribution in [2.24, 2.45) is 7.05 Å². The first-order chi connectivity index (χ1) is 3.84. The van der Waals surface area contributed by atoms with E-state index in [4.69, 9.17) is 0 Å². The minimum atomic E-state index is 0. The van der Waals surface area contributed by atoms with Crippen LogP contribution >= 0.6 is 12.4 Å². The van der Waals surface area contributed by atoms with Crippen LogP contribution in [-0.2, 0) is 13.5 Å². The SMILES string of the molecule is CCc1nccn1C.Cl. The van der Waals surface area contributed by atoms with Gasteiger partial charge in [0, 0.05) is 25.9 Å². The fraction of sp³-hybridized carbons (Fsp3) is 0.500. The third-order valence-corrected chi connectivity index (χ3v) is 1.24. The zero-order chi connectivity index (χ0) is 5.98. The normalized spacial score (nSPS) is 8.67. The number of aromatic nitrogens is 2. The summed E-state index contributed by atoms with van der Waals surface area (Å²) in [6.07, 6.45) is 4.79. The molecule has 0 saturated carbocycles. The number of nitrogens with zero attached hydrogens (tertiary/aromatic N) is 2. The molecule has 0 unspecified atom stereocenters. The lowest BCUT2D eigenvalue weighted by Gasteiger charge is -1.92. The molecule has 0 aliphatic rings. The standard InChI is InChI=1S/C6H10N2.ClH/c1-3-6-7-4-5-8(6)2;/h4-5H,3H2,1-2H3;1H. The second-order valence-corrected chi connectivity index (χ2v) is 1.81. The van der Waals surface area contributed by atoms with Crippen LogP contribution in [0.4, 0.5) is 0 Å². The Morgan fingerprint density at radius 1 is 1.67 bits per heavy atom. The van der Waals surface area contributed by atoms with Gasteiger partial charge in [-0.15, -0.1) is 12.4 Å². The maximum atomic E-state index is 4.10. The summed E-state index contributed by atoms with van der Waals surface area (Å²) >= 11 is 0. The molecule has 52 valence electrons. The molecule has 0 aromatic carbocycles. The van der Waals surface area contributed by atoms with Gasteiger partial charge < -0.3 is 4.57 Å². The van der Waals surface area contributed by atoms with Crippen LogP contribution in [0.5, 0.6) is 0 Å². The molecule has 1 aromatic heterocycles. The Morgan fingerprint density at radius 3 is 2.56 bits per heavy atom. The number of halogens is 1. The largest absolute Gasteiger partial charge is 0.338 e. The molecule has 0 amide bonds. The zero-order valence-corrected chi connectivity index (χ0v) is 6.48. The van der Waals surface area contributed by atoms with Crippen molar-refractivity contribution in [3.05, 3.63) is 18.2 Å². The highest BCUT2D eigenvalue weighted by atomic mass is 35.5. The van der Waals surface area contributed by atoms with Gasteiger partial charge in [-0.2, -0.15) is 0 Å². The lowest BCUT2D eigenvalue weighted by molar-refractivity contribution is 0.808. The summed E-state index contributed by atoms with van der Waals surface area (Å²) in [6.45, 7) is 2.10. The van der Waals surface area contributed by atoms with Crippen molar-refractivity contribution >= 4 is 12.4 Å². The first kappa shape index (κ1) is 8.50. The fourth-order valence-corrected chi connectivity index (χ4v) is 0.737. The van der Waals surface area contributed by atoms with Gasteiger partial charge in [-0.3, -0.25) is 0 Å². The zero-order valence-electron chi connectivity index (χ0n) is 5.66. The van der Waals surface area contributed by atoms with Gasteiger partial charge in [0.1, 0.15) is 5.82 Å². The molecule has 0 atom stereocenters. The van der Waals surface area contributed by atoms with Gasteiger partial charge in [-0.05, 0) is 0 Å². The van der Waals surface area contributed by atoms with E-state index in [1.54, 1.807) is 0 Å². The summed E-state index contributed by atoms with van der Waals surface area (Å²) in [6, 6.07) is 0. The van der Waals surface area contributed by atoms with Crippen LogP contribution in [0.15, 0.2) is 12.4 Å². The second-order valence-electron chi connectivity index (χ2n) is 1.81. The lowest BCUT2D eigenvalue weighted by Crippen LogP contribution is -1.92.